The quantitative estimate of drug-likeness (QED) is 0.680. The lowest BCUT2D eigenvalue weighted by Crippen LogP contribution is -2.60. The number of pyridine rings is 1. The van der Waals surface area contributed by atoms with Gasteiger partial charge in [0.05, 0.1) is 6.61 Å². The van der Waals surface area contributed by atoms with E-state index in [1.807, 2.05) is 0 Å². The number of Topliss-reactive ketones (excluding diaryl/α,β-unsaturated/α-hetero) is 1. The Balaban J connectivity index is 1.86. The van der Waals surface area contributed by atoms with E-state index in [1.165, 1.54) is 0 Å². The van der Waals surface area contributed by atoms with Gasteiger partial charge in [-0.3, -0.25) is 14.8 Å². The van der Waals surface area contributed by atoms with E-state index in [9.17, 15) is 18.0 Å². The van der Waals surface area contributed by atoms with Crippen LogP contribution in [-0.2, 0) is 16.7 Å². The van der Waals surface area contributed by atoms with Crippen molar-refractivity contribution in [3.8, 4) is 0 Å². The van der Waals surface area contributed by atoms with Crippen LogP contribution in [0, 0.1) is 0 Å². The SMILES string of the molecule is C[C@@]1(c2cccc(CC(=O)c3ccc(Br)cn3)c2)CO[C@@](C)(C(F)(F)F)C(N)=N1. The van der Waals surface area contributed by atoms with E-state index in [0.29, 0.717) is 16.8 Å². The first kappa shape index (κ1) is 21.4. The number of amidine groups is 1. The van der Waals surface area contributed by atoms with Gasteiger partial charge in [-0.15, -0.1) is 0 Å². The summed E-state index contributed by atoms with van der Waals surface area (Å²) in [5, 5.41) is 0. The van der Waals surface area contributed by atoms with Crippen molar-refractivity contribution in [2.45, 2.75) is 37.6 Å². The van der Waals surface area contributed by atoms with E-state index >= 15 is 0 Å². The molecule has 1 aliphatic heterocycles. The molecule has 2 aromatic rings. The van der Waals surface area contributed by atoms with Crippen molar-refractivity contribution < 1.29 is 22.7 Å². The fourth-order valence-electron chi connectivity index (χ4n) is 2.97. The van der Waals surface area contributed by atoms with Crippen LogP contribution in [0.15, 0.2) is 52.1 Å². The van der Waals surface area contributed by atoms with E-state index in [0.717, 1.165) is 11.4 Å². The molecule has 29 heavy (non-hydrogen) atoms. The number of rotatable bonds is 4. The lowest BCUT2D eigenvalue weighted by molar-refractivity contribution is -0.249. The van der Waals surface area contributed by atoms with E-state index in [2.05, 4.69) is 25.9 Å². The highest BCUT2D eigenvalue weighted by molar-refractivity contribution is 9.10. The van der Waals surface area contributed by atoms with Crippen LogP contribution < -0.4 is 5.73 Å². The number of nitrogens with two attached hydrogens (primary N) is 1. The van der Waals surface area contributed by atoms with Crippen LogP contribution in [0.1, 0.15) is 35.5 Å². The van der Waals surface area contributed by atoms with Crippen LogP contribution in [-0.4, -0.2) is 35.0 Å². The van der Waals surface area contributed by atoms with Crippen LogP contribution in [0.4, 0.5) is 13.2 Å². The molecule has 9 heteroatoms. The Labute approximate surface area is 174 Å². The maximum Gasteiger partial charge on any atom is 0.424 e. The Bertz CT molecular complexity index is 962. The molecule has 0 amide bonds. The van der Waals surface area contributed by atoms with Gasteiger partial charge >= 0.3 is 6.18 Å². The van der Waals surface area contributed by atoms with Crippen molar-refractivity contribution in [1.29, 1.82) is 0 Å². The molecule has 1 aliphatic rings. The molecule has 0 unspecified atom stereocenters. The monoisotopic (exact) mass is 469 g/mol. The van der Waals surface area contributed by atoms with Crippen LogP contribution in [0.25, 0.3) is 0 Å². The molecule has 0 spiro atoms. The van der Waals surface area contributed by atoms with E-state index in [4.69, 9.17) is 10.5 Å². The van der Waals surface area contributed by atoms with Gasteiger partial charge in [-0.2, -0.15) is 13.2 Å². The van der Waals surface area contributed by atoms with Crippen molar-refractivity contribution in [2.24, 2.45) is 10.7 Å². The molecule has 154 valence electrons. The lowest BCUT2D eigenvalue weighted by atomic mass is 9.88. The van der Waals surface area contributed by atoms with Crippen molar-refractivity contribution in [2.75, 3.05) is 6.61 Å². The molecule has 0 fully saturated rings. The highest BCUT2D eigenvalue weighted by Gasteiger charge is 2.58. The zero-order valence-corrected chi connectivity index (χ0v) is 17.3. The number of hydrogen-bond acceptors (Lipinski definition) is 5. The number of carbonyl (C=O) groups excluding carboxylic acids is 1. The smallest absolute Gasteiger partial charge is 0.385 e. The van der Waals surface area contributed by atoms with Crippen LogP contribution in [0.2, 0.25) is 0 Å². The Morgan fingerprint density at radius 3 is 2.59 bits per heavy atom. The number of alkyl halides is 3. The predicted octanol–water partition coefficient (Wildman–Crippen LogP) is 4.19. The van der Waals surface area contributed by atoms with Gasteiger partial charge < -0.3 is 10.5 Å². The van der Waals surface area contributed by atoms with Crippen molar-refractivity contribution in [3.63, 3.8) is 0 Å². The third-order valence-corrected chi connectivity index (χ3v) is 5.43. The van der Waals surface area contributed by atoms with Gasteiger partial charge in [-0.25, -0.2) is 0 Å². The zero-order valence-electron chi connectivity index (χ0n) is 15.8. The molecular formula is C20H19BrF3N3O2. The molecule has 0 aliphatic carbocycles. The summed E-state index contributed by atoms with van der Waals surface area (Å²) in [6.07, 6.45) is -3.04. The fraction of sp³-hybridized carbons (Fsp3) is 0.350. The van der Waals surface area contributed by atoms with Gasteiger partial charge in [0.2, 0.25) is 5.60 Å². The van der Waals surface area contributed by atoms with Crippen LogP contribution in [0.5, 0.6) is 0 Å². The number of aliphatic imine (C=N–C) groups is 1. The molecule has 1 aromatic carbocycles. The number of aromatic nitrogens is 1. The number of ketones is 1. The number of benzene rings is 1. The molecule has 2 N–H and O–H groups in total. The molecule has 0 bridgehead atoms. The van der Waals surface area contributed by atoms with Crippen molar-refractivity contribution >= 4 is 27.5 Å². The lowest BCUT2D eigenvalue weighted by Gasteiger charge is -2.41. The summed E-state index contributed by atoms with van der Waals surface area (Å²) in [5.41, 5.74) is 3.58. The highest BCUT2D eigenvalue weighted by atomic mass is 79.9. The largest absolute Gasteiger partial charge is 0.424 e. The topological polar surface area (TPSA) is 77.6 Å². The fourth-order valence-corrected chi connectivity index (χ4v) is 3.21. The number of nitrogens with zero attached hydrogens (tertiary/aromatic N) is 2. The summed E-state index contributed by atoms with van der Waals surface area (Å²) in [7, 11) is 0. The van der Waals surface area contributed by atoms with Crippen molar-refractivity contribution in [1.82, 2.24) is 4.98 Å². The van der Waals surface area contributed by atoms with Gasteiger partial charge in [0.1, 0.15) is 17.1 Å². The minimum absolute atomic E-state index is 0.0961. The van der Waals surface area contributed by atoms with Gasteiger partial charge in [-0.05, 0) is 53.0 Å². The van der Waals surface area contributed by atoms with Crippen LogP contribution in [0.3, 0.4) is 0 Å². The Morgan fingerprint density at radius 2 is 2.00 bits per heavy atom. The second kappa shape index (κ2) is 7.53. The summed E-state index contributed by atoms with van der Waals surface area (Å²) < 4.78 is 45.8. The first-order valence-electron chi connectivity index (χ1n) is 8.75. The third kappa shape index (κ3) is 4.20. The Morgan fingerprint density at radius 1 is 1.28 bits per heavy atom. The summed E-state index contributed by atoms with van der Waals surface area (Å²) in [4.78, 5) is 20.7. The van der Waals surface area contributed by atoms with E-state index in [-0.39, 0.29) is 18.8 Å². The summed E-state index contributed by atoms with van der Waals surface area (Å²) in [5.74, 6) is -0.799. The second-order valence-corrected chi connectivity index (χ2v) is 8.17. The summed E-state index contributed by atoms with van der Waals surface area (Å²) in [6, 6.07) is 10.3. The van der Waals surface area contributed by atoms with E-state index < -0.39 is 23.2 Å². The van der Waals surface area contributed by atoms with Gasteiger partial charge in [-0.1, -0.05) is 24.3 Å². The van der Waals surface area contributed by atoms with E-state index in [1.54, 1.807) is 49.5 Å². The predicted molar refractivity (Wildman–Crippen MR) is 106 cm³/mol. The number of hydrogen-bond donors (Lipinski definition) is 1. The molecule has 2 heterocycles. The number of ether oxygens (including phenoxy) is 1. The number of halogens is 4. The zero-order chi connectivity index (χ0) is 21.4. The number of carbonyl (C=O) groups is 1. The summed E-state index contributed by atoms with van der Waals surface area (Å²) in [6.45, 7) is 2.22. The average molecular weight is 470 g/mol. The molecule has 2 atom stereocenters. The molecule has 1 aromatic heterocycles. The molecule has 0 radical (unpaired) electrons. The minimum atomic E-state index is -4.67. The minimum Gasteiger partial charge on any atom is -0.385 e. The molecule has 3 rings (SSSR count). The third-order valence-electron chi connectivity index (χ3n) is 4.97. The second-order valence-electron chi connectivity index (χ2n) is 7.25. The van der Waals surface area contributed by atoms with Gasteiger partial charge in [0.25, 0.3) is 0 Å². The first-order chi connectivity index (χ1) is 13.4. The maximum absolute atomic E-state index is 13.3. The molecule has 0 saturated carbocycles. The van der Waals surface area contributed by atoms with Gasteiger partial charge in [0, 0.05) is 17.1 Å². The molecule has 0 saturated heterocycles. The highest BCUT2D eigenvalue weighted by Crippen LogP contribution is 2.40. The van der Waals surface area contributed by atoms with Crippen molar-refractivity contribution in [3.05, 3.63) is 63.9 Å². The van der Waals surface area contributed by atoms with Crippen LogP contribution >= 0.6 is 15.9 Å². The normalized spacial score (nSPS) is 24.8. The standard InChI is InChI=1S/C20H19BrF3N3O2/c1-18(11-29-19(2,17(25)27-18)20(22,23)24)13-5-3-4-12(8-13)9-16(28)15-7-6-14(21)10-26-15/h3-8,10H,9,11H2,1-2H3,(H2,25,27)/t18-,19+/m0/s1. The molecular weight excluding hydrogens is 451 g/mol. The van der Waals surface area contributed by atoms with Gasteiger partial charge in [0.15, 0.2) is 5.78 Å². The Hall–Kier alpha value is -2.26. The maximum atomic E-state index is 13.3. The Kier molecular flexibility index (Phi) is 5.57. The molecule has 5 nitrogen and oxygen atoms in total. The summed E-state index contributed by atoms with van der Waals surface area (Å²) >= 11 is 3.27. The average Bonchev–Trinajstić information content (AvgIpc) is 2.65. The first-order valence-corrected chi connectivity index (χ1v) is 9.54.